The maximum absolute atomic E-state index is 13.2. The van der Waals surface area contributed by atoms with Crippen LogP contribution in [-0.2, 0) is 0 Å². The van der Waals surface area contributed by atoms with Gasteiger partial charge < -0.3 is 4.90 Å². The summed E-state index contributed by atoms with van der Waals surface area (Å²) in [5.41, 5.74) is 0. The molecular weight excluding hydrogens is 247 g/mol. The fourth-order valence-corrected chi connectivity index (χ4v) is 3.41. The first kappa shape index (κ1) is 13.8. The third kappa shape index (κ3) is 3.70. The van der Waals surface area contributed by atoms with Crippen molar-refractivity contribution in [3.8, 4) is 0 Å². The van der Waals surface area contributed by atoms with E-state index in [0.717, 1.165) is 24.5 Å². The lowest BCUT2D eigenvalue weighted by molar-refractivity contribution is 0.163. The third-order valence-corrected chi connectivity index (χ3v) is 4.45. The highest BCUT2D eigenvalue weighted by Gasteiger charge is 2.25. The Bertz CT molecular complexity index is 386. The Morgan fingerprint density at radius 2 is 2.22 bits per heavy atom. The predicted molar refractivity (Wildman–Crippen MR) is 75.2 cm³/mol. The van der Waals surface area contributed by atoms with Gasteiger partial charge in [-0.25, -0.2) is 8.70 Å². The summed E-state index contributed by atoms with van der Waals surface area (Å²) in [6.45, 7) is 5.46. The molecule has 1 aromatic rings. The minimum absolute atomic E-state index is 0.152. The lowest BCUT2D eigenvalue weighted by Crippen LogP contribution is -2.48. The van der Waals surface area contributed by atoms with Crippen LogP contribution in [0, 0.1) is 5.82 Å². The molecule has 100 valence electrons. The van der Waals surface area contributed by atoms with Gasteiger partial charge in [-0.05, 0) is 43.6 Å². The molecule has 1 heterocycles. The monoisotopic (exact) mass is 268 g/mol. The predicted octanol–water partition coefficient (Wildman–Crippen LogP) is 3.25. The van der Waals surface area contributed by atoms with Crippen LogP contribution in [0.25, 0.3) is 0 Å². The van der Waals surface area contributed by atoms with Crippen LogP contribution in [0.4, 0.5) is 4.39 Å². The van der Waals surface area contributed by atoms with Crippen molar-refractivity contribution in [2.24, 2.45) is 0 Å². The molecule has 2 nitrogen and oxygen atoms in total. The summed E-state index contributed by atoms with van der Waals surface area (Å²) in [6, 6.07) is 7.45. The van der Waals surface area contributed by atoms with Gasteiger partial charge in [-0.2, -0.15) is 0 Å². The van der Waals surface area contributed by atoms with Crippen LogP contribution in [0.1, 0.15) is 19.8 Å². The van der Waals surface area contributed by atoms with Crippen molar-refractivity contribution in [2.75, 3.05) is 26.7 Å². The van der Waals surface area contributed by atoms with Gasteiger partial charge in [-0.1, -0.05) is 19.4 Å². The zero-order valence-electron chi connectivity index (χ0n) is 11.1. The first-order chi connectivity index (χ1) is 8.69. The van der Waals surface area contributed by atoms with E-state index in [2.05, 4.69) is 23.2 Å². The smallest absolute Gasteiger partial charge is 0.124 e. The molecule has 1 aliphatic rings. The Kier molecular flexibility index (Phi) is 5.03. The van der Waals surface area contributed by atoms with E-state index < -0.39 is 0 Å². The molecule has 1 fully saturated rings. The van der Waals surface area contributed by atoms with E-state index in [1.807, 2.05) is 6.07 Å². The van der Waals surface area contributed by atoms with E-state index in [1.54, 1.807) is 24.1 Å². The topological polar surface area (TPSA) is 6.48 Å². The van der Waals surface area contributed by atoms with Gasteiger partial charge in [0.2, 0.25) is 0 Å². The Morgan fingerprint density at radius 3 is 2.94 bits per heavy atom. The van der Waals surface area contributed by atoms with Crippen molar-refractivity contribution in [1.82, 2.24) is 9.21 Å². The molecule has 1 atom stereocenters. The molecule has 1 aliphatic heterocycles. The Labute approximate surface area is 113 Å². The van der Waals surface area contributed by atoms with Crippen LogP contribution >= 0.6 is 11.9 Å². The van der Waals surface area contributed by atoms with Crippen LogP contribution < -0.4 is 0 Å². The molecule has 1 saturated heterocycles. The van der Waals surface area contributed by atoms with Crippen molar-refractivity contribution in [1.29, 1.82) is 0 Å². The molecule has 0 N–H and O–H groups in total. The molecule has 1 aromatic carbocycles. The molecule has 18 heavy (non-hydrogen) atoms. The van der Waals surface area contributed by atoms with Gasteiger partial charge >= 0.3 is 0 Å². The maximum atomic E-state index is 13.2. The number of hydrogen-bond donors (Lipinski definition) is 0. The maximum Gasteiger partial charge on any atom is 0.124 e. The lowest BCUT2D eigenvalue weighted by Gasteiger charge is -2.39. The highest BCUT2D eigenvalue weighted by molar-refractivity contribution is 7.97. The molecule has 0 amide bonds. The van der Waals surface area contributed by atoms with Gasteiger partial charge in [0, 0.05) is 30.6 Å². The van der Waals surface area contributed by atoms with Crippen LogP contribution in [0.2, 0.25) is 0 Å². The highest BCUT2D eigenvalue weighted by Crippen LogP contribution is 2.28. The minimum Gasteiger partial charge on any atom is -0.303 e. The van der Waals surface area contributed by atoms with E-state index >= 15 is 0 Å². The molecule has 0 aliphatic carbocycles. The Balaban J connectivity index is 2.01. The first-order valence-electron chi connectivity index (χ1n) is 6.57. The molecule has 0 spiro atoms. The second-order valence-electron chi connectivity index (χ2n) is 4.89. The summed E-state index contributed by atoms with van der Waals surface area (Å²) in [7, 11) is 2.17. The average molecular weight is 268 g/mol. The number of nitrogens with zero attached hydrogens (tertiary/aromatic N) is 2. The second kappa shape index (κ2) is 6.55. The van der Waals surface area contributed by atoms with Crippen molar-refractivity contribution in [2.45, 2.75) is 30.7 Å². The van der Waals surface area contributed by atoms with E-state index in [1.165, 1.54) is 18.9 Å². The fraction of sp³-hybridized carbons (Fsp3) is 0.571. The number of benzene rings is 1. The van der Waals surface area contributed by atoms with Crippen LogP contribution in [0.5, 0.6) is 0 Å². The zero-order valence-corrected chi connectivity index (χ0v) is 11.9. The van der Waals surface area contributed by atoms with Crippen molar-refractivity contribution >= 4 is 11.9 Å². The molecular formula is C14H21FN2S. The summed E-state index contributed by atoms with van der Waals surface area (Å²) < 4.78 is 15.6. The summed E-state index contributed by atoms with van der Waals surface area (Å²) in [6.07, 6.45) is 2.39. The van der Waals surface area contributed by atoms with Crippen LogP contribution in [-0.4, -0.2) is 41.9 Å². The van der Waals surface area contributed by atoms with Gasteiger partial charge in [0.1, 0.15) is 5.82 Å². The van der Waals surface area contributed by atoms with Gasteiger partial charge in [-0.15, -0.1) is 0 Å². The normalized spacial score (nSPS) is 22.3. The SMILES string of the molecule is CCCC1CN(C)CCN1Sc1cccc(F)c1. The number of likely N-dealkylation sites (N-methyl/N-ethyl adjacent to an activating group) is 1. The van der Waals surface area contributed by atoms with Gasteiger partial charge in [0.15, 0.2) is 0 Å². The van der Waals surface area contributed by atoms with Gasteiger partial charge in [-0.3, -0.25) is 0 Å². The Morgan fingerprint density at radius 1 is 1.39 bits per heavy atom. The lowest BCUT2D eigenvalue weighted by atomic mass is 10.1. The summed E-state index contributed by atoms with van der Waals surface area (Å²) in [5.74, 6) is -0.152. The molecule has 1 unspecified atom stereocenters. The van der Waals surface area contributed by atoms with Gasteiger partial charge in [0.25, 0.3) is 0 Å². The van der Waals surface area contributed by atoms with Crippen molar-refractivity contribution in [3.05, 3.63) is 30.1 Å². The van der Waals surface area contributed by atoms with E-state index in [0.29, 0.717) is 6.04 Å². The summed E-state index contributed by atoms with van der Waals surface area (Å²) in [5, 5.41) is 0. The number of halogens is 1. The third-order valence-electron chi connectivity index (χ3n) is 3.27. The minimum atomic E-state index is -0.152. The van der Waals surface area contributed by atoms with E-state index in [9.17, 15) is 4.39 Å². The quantitative estimate of drug-likeness (QED) is 0.774. The van der Waals surface area contributed by atoms with E-state index in [4.69, 9.17) is 0 Å². The molecule has 0 saturated carbocycles. The number of rotatable bonds is 4. The second-order valence-corrected chi connectivity index (χ2v) is 6.02. The Hall–Kier alpha value is -0.580. The summed E-state index contributed by atoms with van der Waals surface area (Å²) >= 11 is 1.70. The zero-order chi connectivity index (χ0) is 13.0. The van der Waals surface area contributed by atoms with E-state index in [-0.39, 0.29) is 5.82 Å². The average Bonchev–Trinajstić information content (AvgIpc) is 2.33. The van der Waals surface area contributed by atoms with Gasteiger partial charge in [0.05, 0.1) is 0 Å². The molecule has 0 bridgehead atoms. The number of hydrogen-bond acceptors (Lipinski definition) is 3. The summed E-state index contributed by atoms with van der Waals surface area (Å²) in [4.78, 5) is 3.38. The largest absolute Gasteiger partial charge is 0.303 e. The van der Waals surface area contributed by atoms with Crippen LogP contribution in [0.3, 0.4) is 0 Å². The molecule has 0 radical (unpaired) electrons. The highest BCUT2D eigenvalue weighted by atomic mass is 32.2. The fourth-order valence-electron chi connectivity index (χ4n) is 2.34. The van der Waals surface area contributed by atoms with Crippen molar-refractivity contribution < 1.29 is 4.39 Å². The standard InChI is InChI=1S/C14H21FN2S/c1-3-5-13-11-16(2)8-9-17(13)18-14-7-4-6-12(15)10-14/h4,6-7,10,13H,3,5,8-9,11H2,1-2H3. The first-order valence-corrected chi connectivity index (χ1v) is 7.35. The van der Waals surface area contributed by atoms with Crippen molar-refractivity contribution in [3.63, 3.8) is 0 Å². The molecule has 0 aromatic heterocycles. The molecule has 4 heteroatoms. The number of piperazine rings is 1. The molecule has 2 rings (SSSR count). The van der Waals surface area contributed by atoms with Crippen LogP contribution in [0.15, 0.2) is 29.2 Å².